The summed E-state index contributed by atoms with van der Waals surface area (Å²) in [7, 11) is 0. The Hall–Kier alpha value is -0.900. The average Bonchev–Trinajstić information content (AvgIpc) is 2.27. The summed E-state index contributed by atoms with van der Waals surface area (Å²) in [5.74, 6) is 0. The maximum atomic E-state index is 9.29. The molecule has 0 fully saturated rings. The van der Waals surface area contributed by atoms with Crippen LogP contribution in [0, 0.1) is 0 Å². The van der Waals surface area contributed by atoms with Gasteiger partial charge in [-0.25, -0.2) is 0 Å². The molecular weight excluding hydrogens is 180 g/mol. The maximum absolute atomic E-state index is 9.29. The molecule has 0 atom stereocenters. The van der Waals surface area contributed by atoms with Crippen LogP contribution in [0.3, 0.4) is 0 Å². The van der Waals surface area contributed by atoms with Crippen LogP contribution in [0.4, 0.5) is 0 Å². The van der Waals surface area contributed by atoms with Crippen LogP contribution >= 0.6 is 0 Å². The minimum absolute atomic E-state index is 0.0456. The molecule has 0 amide bonds. The zero-order valence-corrected chi connectivity index (χ0v) is 8.06. The second-order valence-corrected chi connectivity index (χ2v) is 3.44. The zero-order valence-electron chi connectivity index (χ0n) is 8.06. The van der Waals surface area contributed by atoms with Gasteiger partial charge in [0.2, 0.25) is 0 Å². The van der Waals surface area contributed by atoms with Gasteiger partial charge >= 0.3 is 0 Å². The molecule has 0 saturated carbocycles. The van der Waals surface area contributed by atoms with Gasteiger partial charge in [0.05, 0.1) is 13.2 Å². The predicted molar refractivity (Wildman–Crippen MR) is 54.0 cm³/mol. The summed E-state index contributed by atoms with van der Waals surface area (Å²) in [5.41, 5.74) is 0.148. The molecule has 0 saturated heterocycles. The Morgan fingerprint density at radius 1 is 0.929 bits per heavy atom. The van der Waals surface area contributed by atoms with E-state index in [4.69, 9.17) is 5.11 Å². The summed E-state index contributed by atoms with van der Waals surface area (Å²) in [6, 6.07) is 9.28. The Bertz CT molecular complexity index is 254. The molecule has 0 unspecified atom stereocenters. The number of hydrogen-bond donors (Lipinski definition) is 3. The third kappa shape index (κ3) is 2.12. The number of rotatable bonds is 5. The lowest BCUT2D eigenvalue weighted by Gasteiger charge is -2.29. The van der Waals surface area contributed by atoms with Crippen LogP contribution < -0.4 is 0 Å². The molecule has 0 aliphatic carbocycles. The van der Waals surface area contributed by atoms with Crippen molar-refractivity contribution in [2.45, 2.75) is 11.8 Å². The first-order chi connectivity index (χ1) is 6.79. The van der Waals surface area contributed by atoms with E-state index in [0.717, 1.165) is 5.56 Å². The summed E-state index contributed by atoms with van der Waals surface area (Å²) in [5, 5.41) is 27.5. The second kappa shape index (κ2) is 5.10. The molecule has 1 aromatic rings. The van der Waals surface area contributed by atoms with Crippen molar-refractivity contribution in [1.82, 2.24) is 0 Å². The number of benzene rings is 1. The van der Waals surface area contributed by atoms with Gasteiger partial charge < -0.3 is 15.3 Å². The fourth-order valence-electron chi connectivity index (χ4n) is 1.54. The Balaban J connectivity index is 2.98. The lowest BCUT2D eigenvalue weighted by molar-refractivity contribution is 0.0915. The SMILES string of the molecule is OCCC(CO)(CO)c1ccccc1. The summed E-state index contributed by atoms with van der Waals surface area (Å²) < 4.78 is 0. The molecule has 0 aromatic heterocycles. The van der Waals surface area contributed by atoms with Gasteiger partial charge in [-0.2, -0.15) is 0 Å². The smallest absolute Gasteiger partial charge is 0.0550 e. The molecule has 78 valence electrons. The van der Waals surface area contributed by atoms with Crippen molar-refractivity contribution < 1.29 is 15.3 Å². The van der Waals surface area contributed by atoms with E-state index in [1.807, 2.05) is 30.3 Å². The Labute approximate surface area is 83.6 Å². The molecule has 3 heteroatoms. The first-order valence-corrected chi connectivity index (χ1v) is 4.67. The predicted octanol–water partition coefficient (Wildman–Crippen LogP) is 0.291. The second-order valence-electron chi connectivity index (χ2n) is 3.44. The highest BCUT2D eigenvalue weighted by Crippen LogP contribution is 2.26. The first kappa shape index (κ1) is 11.2. The van der Waals surface area contributed by atoms with Gasteiger partial charge in [0.15, 0.2) is 0 Å². The van der Waals surface area contributed by atoms with Gasteiger partial charge in [-0.1, -0.05) is 30.3 Å². The van der Waals surface area contributed by atoms with E-state index in [-0.39, 0.29) is 19.8 Å². The van der Waals surface area contributed by atoms with E-state index in [9.17, 15) is 10.2 Å². The lowest BCUT2D eigenvalue weighted by Crippen LogP contribution is -2.35. The van der Waals surface area contributed by atoms with E-state index in [0.29, 0.717) is 6.42 Å². The average molecular weight is 196 g/mol. The summed E-state index contributed by atoms with van der Waals surface area (Å²) in [6.45, 7) is -0.363. The molecule has 0 bridgehead atoms. The highest BCUT2D eigenvalue weighted by Gasteiger charge is 2.29. The minimum atomic E-state index is -0.712. The normalized spacial score (nSPS) is 11.6. The largest absolute Gasteiger partial charge is 0.396 e. The summed E-state index contributed by atoms with van der Waals surface area (Å²) >= 11 is 0. The van der Waals surface area contributed by atoms with Crippen LogP contribution in [0.1, 0.15) is 12.0 Å². The lowest BCUT2D eigenvalue weighted by atomic mass is 9.79. The maximum Gasteiger partial charge on any atom is 0.0550 e. The van der Waals surface area contributed by atoms with Crippen LogP contribution in [0.15, 0.2) is 30.3 Å². The molecule has 0 spiro atoms. The molecule has 0 aliphatic rings. The zero-order chi connectivity index (χ0) is 10.4. The van der Waals surface area contributed by atoms with Crippen LogP contribution in [-0.4, -0.2) is 35.1 Å². The highest BCUT2D eigenvalue weighted by molar-refractivity contribution is 5.25. The van der Waals surface area contributed by atoms with Gasteiger partial charge in [0.25, 0.3) is 0 Å². The molecule has 3 N–H and O–H groups in total. The van der Waals surface area contributed by atoms with E-state index >= 15 is 0 Å². The fourth-order valence-corrected chi connectivity index (χ4v) is 1.54. The first-order valence-electron chi connectivity index (χ1n) is 4.67. The summed E-state index contributed by atoms with van der Waals surface area (Å²) in [4.78, 5) is 0. The van der Waals surface area contributed by atoms with Crippen LogP contribution in [0.5, 0.6) is 0 Å². The van der Waals surface area contributed by atoms with Crippen LogP contribution in [0.25, 0.3) is 0 Å². The van der Waals surface area contributed by atoms with Crippen molar-refractivity contribution in [2.75, 3.05) is 19.8 Å². The molecule has 3 nitrogen and oxygen atoms in total. The minimum Gasteiger partial charge on any atom is -0.396 e. The number of aliphatic hydroxyl groups excluding tert-OH is 3. The molecule has 1 rings (SSSR count). The van der Waals surface area contributed by atoms with Crippen LogP contribution in [0.2, 0.25) is 0 Å². The number of aliphatic hydroxyl groups is 3. The van der Waals surface area contributed by atoms with E-state index in [1.165, 1.54) is 0 Å². The van der Waals surface area contributed by atoms with Crippen LogP contribution in [-0.2, 0) is 5.41 Å². The van der Waals surface area contributed by atoms with Gasteiger partial charge in [-0.05, 0) is 12.0 Å². The molecule has 0 aliphatic heterocycles. The van der Waals surface area contributed by atoms with Crippen molar-refractivity contribution in [1.29, 1.82) is 0 Å². The van der Waals surface area contributed by atoms with Gasteiger partial charge in [0.1, 0.15) is 0 Å². The molecule has 1 aromatic carbocycles. The van der Waals surface area contributed by atoms with Gasteiger partial charge in [-0.15, -0.1) is 0 Å². The van der Waals surface area contributed by atoms with Crippen molar-refractivity contribution in [2.24, 2.45) is 0 Å². The Kier molecular flexibility index (Phi) is 4.07. The Morgan fingerprint density at radius 2 is 1.50 bits per heavy atom. The van der Waals surface area contributed by atoms with E-state index in [1.54, 1.807) is 0 Å². The topological polar surface area (TPSA) is 60.7 Å². The van der Waals surface area contributed by atoms with Gasteiger partial charge in [0, 0.05) is 12.0 Å². The Morgan fingerprint density at radius 3 is 1.93 bits per heavy atom. The third-order valence-electron chi connectivity index (χ3n) is 2.58. The van der Waals surface area contributed by atoms with E-state index in [2.05, 4.69) is 0 Å². The highest BCUT2D eigenvalue weighted by atomic mass is 16.3. The fraction of sp³-hybridized carbons (Fsp3) is 0.455. The molecule has 14 heavy (non-hydrogen) atoms. The molecule has 0 radical (unpaired) electrons. The van der Waals surface area contributed by atoms with Crippen molar-refractivity contribution in [3.63, 3.8) is 0 Å². The van der Waals surface area contributed by atoms with Crippen molar-refractivity contribution in [3.05, 3.63) is 35.9 Å². The third-order valence-corrected chi connectivity index (χ3v) is 2.58. The summed E-state index contributed by atoms with van der Waals surface area (Å²) in [6.07, 6.45) is 0.365. The van der Waals surface area contributed by atoms with Crippen molar-refractivity contribution >= 4 is 0 Å². The quantitative estimate of drug-likeness (QED) is 0.634. The van der Waals surface area contributed by atoms with E-state index < -0.39 is 5.41 Å². The van der Waals surface area contributed by atoms with Crippen molar-refractivity contribution in [3.8, 4) is 0 Å². The molecule has 0 heterocycles. The number of hydrogen-bond acceptors (Lipinski definition) is 3. The monoisotopic (exact) mass is 196 g/mol. The van der Waals surface area contributed by atoms with Gasteiger partial charge in [-0.3, -0.25) is 0 Å². The molecular formula is C11H16O3. The standard InChI is InChI=1S/C11H16O3/c12-7-6-11(8-13,9-14)10-4-2-1-3-5-10/h1-5,12-14H,6-9H2.